The Hall–Kier alpha value is -2.97. The minimum absolute atomic E-state index is 0.0884. The van der Waals surface area contributed by atoms with E-state index >= 15 is 0 Å². The Morgan fingerprint density at radius 3 is 2.48 bits per heavy atom. The van der Waals surface area contributed by atoms with Gasteiger partial charge in [-0.2, -0.15) is 0 Å². The van der Waals surface area contributed by atoms with Gasteiger partial charge in [0, 0.05) is 6.54 Å². The molecule has 1 amide bonds. The Bertz CT molecular complexity index is 696. The van der Waals surface area contributed by atoms with E-state index in [1.165, 1.54) is 11.8 Å². The first kappa shape index (κ1) is 20.3. The second-order valence-electron chi connectivity index (χ2n) is 6.54. The van der Waals surface area contributed by atoms with Gasteiger partial charge in [0.15, 0.2) is 0 Å². The van der Waals surface area contributed by atoms with Crippen molar-refractivity contribution in [3.63, 3.8) is 0 Å². The molecule has 2 N–H and O–H groups in total. The number of aliphatic carboxylic acids is 2. The summed E-state index contributed by atoms with van der Waals surface area (Å²) in [6.45, 7) is 1.63. The molecule has 3 atom stereocenters. The zero-order valence-corrected chi connectivity index (χ0v) is 15.0. The van der Waals surface area contributed by atoms with Crippen LogP contribution >= 0.6 is 0 Å². The largest absolute Gasteiger partial charge is 0.480 e. The molecule has 1 fully saturated rings. The van der Waals surface area contributed by atoms with Crippen molar-refractivity contribution in [2.75, 3.05) is 6.54 Å². The minimum Gasteiger partial charge on any atom is -0.480 e. The molecule has 1 aliphatic rings. The van der Waals surface area contributed by atoms with Crippen LogP contribution in [0.25, 0.3) is 0 Å². The monoisotopic (exact) mass is 377 g/mol. The lowest BCUT2D eigenvalue weighted by molar-refractivity contribution is -0.153. The number of carboxylic acid groups (broad SMARTS) is 2. The lowest BCUT2D eigenvalue weighted by Gasteiger charge is -2.32. The summed E-state index contributed by atoms with van der Waals surface area (Å²) in [5.41, 5.74) is 0.902. The van der Waals surface area contributed by atoms with Gasteiger partial charge >= 0.3 is 11.9 Å². The van der Waals surface area contributed by atoms with Gasteiger partial charge in [-0.3, -0.25) is 4.79 Å². The highest BCUT2D eigenvalue weighted by molar-refractivity contribution is 5.88. The summed E-state index contributed by atoms with van der Waals surface area (Å²) in [4.78, 5) is 48.2. The molecular formula is C18H23N3O6. The van der Waals surface area contributed by atoms with Gasteiger partial charge in [0.1, 0.15) is 18.1 Å². The molecule has 0 radical (unpaired) electrons. The number of hydrogen-bond donors (Lipinski definition) is 2. The second-order valence-corrected chi connectivity index (χ2v) is 6.54. The molecule has 9 heteroatoms. The van der Waals surface area contributed by atoms with E-state index in [4.69, 9.17) is 0 Å². The van der Waals surface area contributed by atoms with Gasteiger partial charge in [-0.1, -0.05) is 30.3 Å². The molecule has 0 aromatic heterocycles. The van der Waals surface area contributed by atoms with Gasteiger partial charge in [0.05, 0.1) is 5.29 Å². The molecule has 0 saturated carbocycles. The lowest BCUT2D eigenvalue weighted by Crippen LogP contribution is -2.53. The summed E-state index contributed by atoms with van der Waals surface area (Å²) < 4.78 is 0. The number of likely N-dealkylation sites (tertiary alicyclic amines) is 1. The predicted molar refractivity (Wildman–Crippen MR) is 95.7 cm³/mol. The van der Waals surface area contributed by atoms with Crippen LogP contribution in [0.3, 0.4) is 0 Å². The van der Waals surface area contributed by atoms with Crippen LogP contribution in [-0.2, 0) is 20.8 Å². The lowest BCUT2D eigenvalue weighted by atomic mass is 10.0. The molecule has 2 unspecified atom stereocenters. The molecule has 1 aromatic rings. The highest BCUT2D eigenvalue weighted by Gasteiger charge is 2.40. The first-order chi connectivity index (χ1) is 12.9. The van der Waals surface area contributed by atoms with Crippen molar-refractivity contribution in [1.29, 1.82) is 0 Å². The van der Waals surface area contributed by atoms with E-state index in [1.54, 1.807) is 0 Å². The number of benzene rings is 1. The number of nitroso groups, excluding NO2 is 1. The Morgan fingerprint density at radius 2 is 1.93 bits per heavy atom. The topological polar surface area (TPSA) is 128 Å². The van der Waals surface area contributed by atoms with Crippen molar-refractivity contribution >= 4 is 17.8 Å². The Kier molecular flexibility index (Phi) is 6.86. The number of hydrogen-bond acceptors (Lipinski definition) is 5. The van der Waals surface area contributed by atoms with E-state index in [1.807, 2.05) is 30.3 Å². The fourth-order valence-electron chi connectivity index (χ4n) is 3.35. The van der Waals surface area contributed by atoms with Crippen LogP contribution in [-0.4, -0.2) is 62.6 Å². The predicted octanol–water partition coefficient (Wildman–Crippen LogP) is 1.52. The third-order valence-electron chi connectivity index (χ3n) is 4.82. The number of carboxylic acids is 2. The Morgan fingerprint density at radius 1 is 1.26 bits per heavy atom. The number of rotatable bonds is 9. The maximum Gasteiger partial charge on any atom is 0.328 e. The zero-order chi connectivity index (χ0) is 20.0. The maximum atomic E-state index is 12.7. The SMILES string of the molecule is C[C@@H](C(=O)N1CCCC1C(=O)O)N(N=O)C(CCc1ccccc1)C(=O)O. The normalized spacial score (nSPS) is 18.6. The molecule has 1 saturated heterocycles. The molecule has 0 bridgehead atoms. The standard InChI is InChI=1S/C18H23N3O6/c1-12(16(22)20-11-5-8-14(20)17(23)24)21(19-27)15(18(25)26)10-9-13-6-3-2-4-7-13/h2-4,6-7,12,14-15H,5,8-11H2,1H3,(H,23,24)(H,25,26)/t12-,14?,15?/m0/s1. The Balaban J connectivity index is 2.12. The van der Waals surface area contributed by atoms with Crippen LogP contribution in [0.2, 0.25) is 0 Å². The maximum absolute atomic E-state index is 12.7. The average molecular weight is 377 g/mol. The smallest absolute Gasteiger partial charge is 0.328 e. The molecule has 146 valence electrons. The van der Waals surface area contributed by atoms with Crippen LogP contribution < -0.4 is 0 Å². The van der Waals surface area contributed by atoms with E-state index in [2.05, 4.69) is 5.29 Å². The number of amides is 1. The fraction of sp³-hybridized carbons (Fsp3) is 0.500. The molecule has 2 rings (SSSR count). The van der Waals surface area contributed by atoms with Gasteiger partial charge in [-0.15, -0.1) is 4.91 Å². The number of aryl methyl sites for hydroxylation is 1. The van der Waals surface area contributed by atoms with Crippen LogP contribution in [0.5, 0.6) is 0 Å². The van der Waals surface area contributed by atoms with E-state index in [0.29, 0.717) is 19.3 Å². The third-order valence-corrected chi connectivity index (χ3v) is 4.82. The van der Waals surface area contributed by atoms with Gasteiger partial charge in [-0.05, 0) is 38.2 Å². The molecule has 9 nitrogen and oxygen atoms in total. The number of carbonyl (C=O) groups is 3. The molecule has 1 aromatic carbocycles. The molecule has 1 heterocycles. The van der Waals surface area contributed by atoms with Crippen LogP contribution in [0, 0.1) is 4.91 Å². The van der Waals surface area contributed by atoms with Crippen molar-refractivity contribution in [2.24, 2.45) is 5.29 Å². The van der Waals surface area contributed by atoms with Crippen LogP contribution in [0.4, 0.5) is 0 Å². The second kappa shape index (κ2) is 9.11. The molecule has 1 aliphatic heterocycles. The summed E-state index contributed by atoms with van der Waals surface area (Å²) in [7, 11) is 0. The van der Waals surface area contributed by atoms with E-state index in [-0.39, 0.29) is 13.0 Å². The van der Waals surface area contributed by atoms with Crippen molar-refractivity contribution in [1.82, 2.24) is 9.91 Å². The highest BCUT2D eigenvalue weighted by Crippen LogP contribution is 2.22. The summed E-state index contributed by atoms with van der Waals surface area (Å²) in [6, 6.07) is 5.76. The van der Waals surface area contributed by atoms with Gasteiger partial charge in [-0.25, -0.2) is 14.6 Å². The minimum atomic E-state index is -1.28. The molecular weight excluding hydrogens is 354 g/mol. The average Bonchev–Trinajstić information content (AvgIpc) is 3.14. The Labute approximate surface area is 156 Å². The van der Waals surface area contributed by atoms with Gasteiger partial charge < -0.3 is 15.1 Å². The summed E-state index contributed by atoms with van der Waals surface area (Å²) >= 11 is 0. The zero-order valence-electron chi connectivity index (χ0n) is 15.0. The van der Waals surface area contributed by atoms with E-state index in [9.17, 15) is 29.5 Å². The van der Waals surface area contributed by atoms with Gasteiger partial charge in [0.25, 0.3) is 0 Å². The first-order valence-corrected chi connectivity index (χ1v) is 8.78. The highest BCUT2D eigenvalue weighted by atomic mass is 16.4. The van der Waals surface area contributed by atoms with Crippen molar-refractivity contribution < 1.29 is 24.6 Å². The number of carbonyl (C=O) groups excluding carboxylic acids is 1. The molecule has 0 spiro atoms. The van der Waals surface area contributed by atoms with E-state index < -0.39 is 36.0 Å². The summed E-state index contributed by atoms with van der Waals surface area (Å²) in [6.07, 6.45) is 1.36. The molecule has 27 heavy (non-hydrogen) atoms. The van der Waals surface area contributed by atoms with E-state index in [0.717, 1.165) is 10.6 Å². The van der Waals surface area contributed by atoms with Crippen LogP contribution in [0.15, 0.2) is 35.6 Å². The first-order valence-electron chi connectivity index (χ1n) is 8.78. The van der Waals surface area contributed by atoms with Gasteiger partial charge in [0.2, 0.25) is 5.91 Å². The third kappa shape index (κ3) is 4.81. The van der Waals surface area contributed by atoms with Crippen molar-refractivity contribution in [2.45, 2.75) is 50.7 Å². The van der Waals surface area contributed by atoms with Crippen molar-refractivity contribution in [3.05, 3.63) is 40.8 Å². The summed E-state index contributed by atoms with van der Waals surface area (Å²) in [5, 5.41) is 22.3. The quantitative estimate of drug-likeness (QED) is 0.493. The van der Waals surface area contributed by atoms with Crippen molar-refractivity contribution in [3.8, 4) is 0 Å². The van der Waals surface area contributed by atoms with Crippen LogP contribution in [0.1, 0.15) is 31.7 Å². The molecule has 0 aliphatic carbocycles. The number of nitrogens with zero attached hydrogens (tertiary/aromatic N) is 3. The summed E-state index contributed by atoms with van der Waals surface area (Å²) in [5.74, 6) is -2.98. The fourth-order valence-corrected chi connectivity index (χ4v) is 3.35.